The molecule has 3 aromatic carbocycles. The molecule has 0 aliphatic carbocycles. The van der Waals surface area contributed by atoms with Crippen molar-refractivity contribution in [2.75, 3.05) is 39.8 Å². The lowest BCUT2D eigenvalue weighted by Crippen LogP contribution is -2.35. The van der Waals surface area contributed by atoms with E-state index in [0.717, 1.165) is 31.2 Å². The summed E-state index contributed by atoms with van der Waals surface area (Å²) in [6.07, 6.45) is 11.5. The van der Waals surface area contributed by atoms with Crippen LogP contribution in [0.1, 0.15) is 91.7 Å². The summed E-state index contributed by atoms with van der Waals surface area (Å²) < 4.78 is 0. The van der Waals surface area contributed by atoms with Crippen molar-refractivity contribution >= 4 is 6.08 Å². The van der Waals surface area contributed by atoms with Crippen molar-refractivity contribution in [3.05, 3.63) is 137 Å². The van der Waals surface area contributed by atoms with Gasteiger partial charge < -0.3 is 20.4 Å². The molecular formula is C43H62N4. The molecule has 0 saturated carbocycles. The largest absolute Gasteiger partial charge is 0.381 e. The van der Waals surface area contributed by atoms with E-state index in [-0.39, 0.29) is 0 Å². The lowest BCUT2D eigenvalue weighted by atomic mass is 9.86. The molecule has 0 radical (unpaired) electrons. The molecule has 2 saturated heterocycles. The first-order valence-corrected chi connectivity index (χ1v) is 17.9. The second-order valence-electron chi connectivity index (χ2n) is 13.1. The topological polar surface area (TPSA) is 30.5 Å². The summed E-state index contributed by atoms with van der Waals surface area (Å²) in [7, 11) is 2.04. The minimum absolute atomic E-state index is 0.734. The lowest BCUT2D eigenvalue weighted by Gasteiger charge is -2.33. The van der Waals surface area contributed by atoms with Gasteiger partial charge in [0.25, 0.3) is 0 Å². The Kier molecular flexibility index (Phi) is 17.2. The number of rotatable bonds is 8. The van der Waals surface area contributed by atoms with Gasteiger partial charge in [-0.25, -0.2) is 0 Å². The number of nitrogens with zero attached hydrogens (tertiary/aromatic N) is 2. The highest BCUT2D eigenvalue weighted by Crippen LogP contribution is 2.32. The molecule has 3 heterocycles. The average Bonchev–Trinajstić information content (AvgIpc) is 3.51. The summed E-state index contributed by atoms with van der Waals surface area (Å²) in [5, 5.41) is 6.52. The fourth-order valence-corrected chi connectivity index (χ4v) is 6.23. The van der Waals surface area contributed by atoms with Crippen LogP contribution >= 0.6 is 0 Å². The third-order valence-electron chi connectivity index (χ3n) is 8.97. The molecule has 4 heteroatoms. The highest BCUT2D eigenvalue weighted by Gasteiger charge is 2.23. The second kappa shape index (κ2) is 21.3. The van der Waals surface area contributed by atoms with Crippen LogP contribution in [0.15, 0.2) is 103 Å². The van der Waals surface area contributed by atoms with E-state index >= 15 is 0 Å². The molecule has 2 N–H and O–H groups in total. The van der Waals surface area contributed by atoms with Crippen LogP contribution in [0.5, 0.6) is 0 Å². The summed E-state index contributed by atoms with van der Waals surface area (Å²) in [5.74, 6) is 0.734. The van der Waals surface area contributed by atoms with Gasteiger partial charge in [0, 0.05) is 31.0 Å². The van der Waals surface area contributed by atoms with Gasteiger partial charge in [0.2, 0.25) is 0 Å². The van der Waals surface area contributed by atoms with Gasteiger partial charge in [-0.2, -0.15) is 0 Å². The third-order valence-corrected chi connectivity index (χ3v) is 8.97. The number of fused-ring (bicyclic) bond motifs is 1. The standard InChI is InChI=1S/C21H33N3.C11H11N.C8H10.C3H8/c1-18-7-5-14-24(18)17-20-8-3-4-9-21(20)19-10-15-23(16-11-19)13-6-12-22-2;1-2-11-7-9-5-3-4-6-10(9)8-12-11;1-7-3-5-8(2)6-4-7;1-3-2/h3-4,8-9,19,22H,1,5-7,10-17H2,2H3;2-7,12H,1,8H2;3-6H,1-2H3;3H2,1-2H3. The number of likely N-dealkylation sites (tertiary alicyclic amines) is 2. The highest BCUT2D eigenvalue weighted by atomic mass is 15.1. The Morgan fingerprint density at radius 2 is 1.53 bits per heavy atom. The van der Waals surface area contributed by atoms with E-state index in [1.54, 1.807) is 5.56 Å². The van der Waals surface area contributed by atoms with E-state index in [0.29, 0.717) is 0 Å². The highest BCUT2D eigenvalue weighted by molar-refractivity contribution is 5.60. The van der Waals surface area contributed by atoms with E-state index in [4.69, 9.17) is 0 Å². The molecule has 3 aliphatic heterocycles. The number of hydrogen-bond acceptors (Lipinski definition) is 4. The summed E-state index contributed by atoms with van der Waals surface area (Å²) >= 11 is 0. The van der Waals surface area contributed by atoms with Crippen LogP contribution in [0.2, 0.25) is 0 Å². The van der Waals surface area contributed by atoms with Crippen molar-refractivity contribution < 1.29 is 0 Å². The van der Waals surface area contributed by atoms with Crippen LogP contribution in [0.3, 0.4) is 0 Å². The summed E-state index contributed by atoms with van der Waals surface area (Å²) in [5.41, 5.74) is 10.8. The SMILES string of the molecule is C=C1CCCN1Cc1ccccc1C1CCN(CCCNC)CC1.C=CC1=Cc2ccccc2CN1.CCC.Cc1ccc(C)cc1. The minimum Gasteiger partial charge on any atom is -0.381 e. The molecule has 3 aliphatic rings. The van der Waals surface area contributed by atoms with Gasteiger partial charge in [-0.15, -0.1) is 0 Å². The van der Waals surface area contributed by atoms with Crippen molar-refractivity contribution in [3.63, 3.8) is 0 Å². The van der Waals surface area contributed by atoms with Crippen LogP contribution in [0.25, 0.3) is 6.08 Å². The molecule has 0 amide bonds. The van der Waals surface area contributed by atoms with Crippen molar-refractivity contribution in [1.82, 2.24) is 20.4 Å². The van der Waals surface area contributed by atoms with E-state index in [1.165, 1.54) is 98.2 Å². The zero-order valence-electron chi connectivity index (χ0n) is 30.2. The minimum atomic E-state index is 0.734. The van der Waals surface area contributed by atoms with Crippen molar-refractivity contribution in [2.45, 2.75) is 85.2 Å². The van der Waals surface area contributed by atoms with Crippen molar-refractivity contribution in [3.8, 4) is 0 Å². The van der Waals surface area contributed by atoms with Gasteiger partial charge >= 0.3 is 0 Å². The number of piperidine rings is 1. The van der Waals surface area contributed by atoms with E-state index in [1.807, 2.05) is 13.1 Å². The number of hydrogen-bond donors (Lipinski definition) is 2. The molecule has 0 atom stereocenters. The molecule has 0 aromatic heterocycles. The van der Waals surface area contributed by atoms with Crippen LogP contribution in [-0.4, -0.2) is 49.6 Å². The Bertz CT molecular complexity index is 1340. The maximum absolute atomic E-state index is 4.23. The van der Waals surface area contributed by atoms with Gasteiger partial charge in [-0.05, 0) is 120 Å². The average molecular weight is 635 g/mol. The number of allylic oxidation sites excluding steroid dienone is 2. The first-order chi connectivity index (χ1) is 22.9. The van der Waals surface area contributed by atoms with Crippen LogP contribution in [-0.2, 0) is 13.1 Å². The van der Waals surface area contributed by atoms with Gasteiger partial charge in [0.15, 0.2) is 0 Å². The molecule has 4 nitrogen and oxygen atoms in total. The Morgan fingerprint density at radius 1 is 0.894 bits per heavy atom. The summed E-state index contributed by atoms with van der Waals surface area (Å²) in [6, 6.07) is 26.0. The monoisotopic (exact) mass is 634 g/mol. The van der Waals surface area contributed by atoms with E-state index < -0.39 is 0 Å². The van der Waals surface area contributed by atoms with Crippen LogP contribution in [0, 0.1) is 13.8 Å². The van der Waals surface area contributed by atoms with Gasteiger partial charge in [0.05, 0.1) is 0 Å². The normalized spacial score (nSPS) is 15.8. The molecule has 3 aromatic rings. The molecule has 6 rings (SSSR count). The van der Waals surface area contributed by atoms with Crippen molar-refractivity contribution in [1.29, 1.82) is 0 Å². The first-order valence-electron chi connectivity index (χ1n) is 17.9. The van der Waals surface area contributed by atoms with Crippen LogP contribution in [0.4, 0.5) is 0 Å². The molecular weight excluding hydrogens is 573 g/mol. The number of benzene rings is 3. The third kappa shape index (κ3) is 13.2. The van der Waals surface area contributed by atoms with E-state index in [2.05, 4.69) is 140 Å². The zero-order valence-corrected chi connectivity index (χ0v) is 30.2. The predicted molar refractivity (Wildman–Crippen MR) is 206 cm³/mol. The number of aryl methyl sites for hydroxylation is 2. The summed E-state index contributed by atoms with van der Waals surface area (Å²) in [6.45, 7) is 24.4. The van der Waals surface area contributed by atoms with Crippen LogP contribution < -0.4 is 10.6 Å². The molecule has 254 valence electrons. The lowest BCUT2D eigenvalue weighted by molar-refractivity contribution is 0.209. The molecule has 47 heavy (non-hydrogen) atoms. The smallest absolute Gasteiger partial charge is 0.0429 e. The fraction of sp³-hybridized carbons (Fsp3) is 0.442. The quantitative estimate of drug-likeness (QED) is 0.242. The van der Waals surface area contributed by atoms with Gasteiger partial charge in [-0.1, -0.05) is 117 Å². The molecule has 2 fully saturated rings. The Labute approximate surface area is 287 Å². The Balaban J connectivity index is 0.000000215. The van der Waals surface area contributed by atoms with Gasteiger partial charge in [0.1, 0.15) is 0 Å². The summed E-state index contributed by atoms with van der Waals surface area (Å²) in [4.78, 5) is 5.12. The maximum atomic E-state index is 4.23. The van der Waals surface area contributed by atoms with E-state index in [9.17, 15) is 0 Å². The Morgan fingerprint density at radius 3 is 2.15 bits per heavy atom. The second-order valence-corrected chi connectivity index (χ2v) is 13.1. The predicted octanol–water partition coefficient (Wildman–Crippen LogP) is 9.62. The van der Waals surface area contributed by atoms with Crippen molar-refractivity contribution in [2.24, 2.45) is 0 Å². The van der Waals surface area contributed by atoms with Gasteiger partial charge in [-0.3, -0.25) is 0 Å². The molecule has 0 spiro atoms. The maximum Gasteiger partial charge on any atom is 0.0429 e. The Hall–Kier alpha value is -3.60. The molecule has 0 bridgehead atoms. The zero-order chi connectivity index (χ0) is 33.9. The molecule has 0 unspecified atom stereocenters. The first kappa shape index (κ1) is 37.9. The fourth-order valence-electron chi connectivity index (χ4n) is 6.23. The number of nitrogens with one attached hydrogen (secondary N) is 2.